The van der Waals surface area contributed by atoms with Crippen molar-refractivity contribution in [1.29, 1.82) is 0 Å². The number of aliphatic hydroxyl groups excluding tert-OH is 1. The van der Waals surface area contributed by atoms with E-state index in [9.17, 15) is 13.9 Å². The van der Waals surface area contributed by atoms with Crippen molar-refractivity contribution in [2.45, 2.75) is 38.8 Å². The van der Waals surface area contributed by atoms with Crippen molar-refractivity contribution in [1.82, 2.24) is 0 Å². The zero-order chi connectivity index (χ0) is 13.0. The molecule has 0 aromatic heterocycles. The molecule has 0 aliphatic heterocycles. The second kappa shape index (κ2) is 6.07. The Balaban J connectivity index is 2.74. The molecule has 0 aliphatic carbocycles. The van der Waals surface area contributed by atoms with Crippen molar-refractivity contribution in [2.24, 2.45) is 11.7 Å². The Morgan fingerprint density at radius 1 is 1.24 bits per heavy atom. The molecule has 1 aromatic carbocycles. The van der Waals surface area contributed by atoms with Crippen LogP contribution in [0.15, 0.2) is 18.2 Å². The molecule has 0 heterocycles. The molecule has 0 radical (unpaired) electrons. The Labute approximate surface area is 100 Å². The van der Waals surface area contributed by atoms with E-state index in [4.69, 9.17) is 5.73 Å². The van der Waals surface area contributed by atoms with Crippen LogP contribution in [0.2, 0.25) is 0 Å². The summed E-state index contributed by atoms with van der Waals surface area (Å²) in [5.74, 6) is -1.47. The zero-order valence-corrected chi connectivity index (χ0v) is 10.2. The zero-order valence-electron chi connectivity index (χ0n) is 10.2. The maximum absolute atomic E-state index is 13.4. The average Bonchev–Trinajstić information content (AvgIpc) is 2.28. The molecule has 3 N–H and O–H groups in total. The molecular weight excluding hydrogens is 224 g/mol. The van der Waals surface area contributed by atoms with Crippen LogP contribution < -0.4 is 5.73 Å². The Morgan fingerprint density at radius 2 is 1.88 bits per heavy atom. The Kier molecular flexibility index (Phi) is 5.02. The first-order valence-electron chi connectivity index (χ1n) is 5.81. The van der Waals surface area contributed by atoms with Gasteiger partial charge in [-0.15, -0.1) is 0 Å². The van der Waals surface area contributed by atoms with E-state index >= 15 is 0 Å². The van der Waals surface area contributed by atoms with Gasteiger partial charge in [0, 0.05) is 5.56 Å². The molecule has 96 valence electrons. The normalized spacial score (nSPS) is 15.0. The van der Waals surface area contributed by atoms with E-state index in [-0.39, 0.29) is 5.56 Å². The number of hydrogen-bond donors (Lipinski definition) is 2. The van der Waals surface area contributed by atoms with Gasteiger partial charge >= 0.3 is 0 Å². The smallest absolute Gasteiger partial charge is 0.163 e. The third-order valence-corrected chi connectivity index (χ3v) is 2.79. The number of nitrogens with two attached hydrogens (primary N) is 1. The Bertz CT molecular complexity index is 368. The van der Waals surface area contributed by atoms with Crippen molar-refractivity contribution in [3.05, 3.63) is 35.4 Å². The van der Waals surface area contributed by atoms with Crippen LogP contribution in [0.25, 0.3) is 0 Å². The summed E-state index contributed by atoms with van der Waals surface area (Å²) in [6.07, 6.45) is 0.425. The number of rotatable bonds is 5. The van der Waals surface area contributed by atoms with Gasteiger partial charge in [0.2, 0.25) is 0 Å². The van der Waals surface area contributed by atoms with E-state index in [1.807, 2.05) is 13.8 Å². The molecule has 0 saturated heterocycles. The topological polar surface area (TPSA) is 46.2 Å². The molecule has 17 heavy (non-hydrogen) atoms. The third-order valence-electron chi connectivity index (χ3n) is 2.79. The highest BCUT2D eigenvalue weighted by atomic mass is 19.2. The van der Waals surface area contributed by atoms with Gasteiger partial charge in [-0.25, -0.2) is 8.78 Å². The minimum Gasteiger partial charge on any atom is -0.391 e. The molecular formula is C13H19F2NO. The molecule has 0 spiro atoms. The lowest BCUT2D eigenvalue weighted by molar-refractivity contribution is 0.126. The minimum absolute atomic E-state index is 0.0289. The summed E-state index contributed by atoms with van der Waals surface area (Å²) in [5.41, 5.74) is 5.77. The van der Waals surface area contributed by atoms with E-state index in [0.717, 1.165) is 12.5 Å². The Morgan fingerprint density at radius 3 is 2.47 bits per heavy atom. The molecule has 0 amide bonds. The quantitative estimate of drug-likeness (QED) is 0.835. The van der Waals surface area contributed by atoms with Gasteiger partial charge < -0.3 is 10.8 Å². The van der Waals surface area contributed by atoms with E-state index in [0.29, 0.717) is 12.3 Å². The lowest BCUT2D eigenvalue weighted by atomic mass is 9.95. The summed E-state index contributed by atoms with van der Waals surface area (Å²) in [6, 6.07) is 2.95. The lowest BCUT2D eigenvalue weighted by Gasteiger charge is -2.20. The second-order valence-corrected chi connectivity index (χ2v) is 4.71. The molecule has 0 fully saturated rings. The first-order valence-corrected chi connectivity index (χ1v) is 5.81. The first-order chi connectivity index (χ1) is 7.93. The van der Waals surface area contributed by atoms with Crippen molar-refractivity contribution in [2.75, 3.05) is 0 Å². The molecule has 1 aromatic rings. The van der Waals surface area contributed by atoms with Crippen LogP contribution >= 0.6 is 0 Å². The monoisotopic (exact) mass is 243 g/mol. The molecule has 2 nitrogen and oxygen atoms in total. The largest absolute Gasteiger partial charge is 0.391 e. The highest BCUT2D eigenvalue weighted by Gasteiger charge is 2.21. The van der Waals surface area contributed by atoms with Gasteiger partial charge in [0.15, 0.2) is 11.6 Å². The van der Waals surface area contributed by atoms with Gasteiger partial charge in [0.05, 0.1) is 12.1 Å². The van der Waals surface area contributed by atoms with Crippen LogP contribution in [0, 0.1) is 17.6 Å². The van der Waals surface area contributed by atoms with E-state index in [2.05, 4.69) is 0 Å². The fourth-order valence-electron chi connectivity index (χ4n) is 1.67. The van der Waals surface area contributed by atoms with Gasteiger partial charge in [-0.3, -0.25) is 0 Å². The predicted molar refractivity (Wildman–Crippen MR) is 63.4 cm³/mol. The minimum atomic E-state index is -0.969. The highest BCUT2D eigenvalue weighted by Crippen LogP contribution is 2.23. The summed E-state index contributed by atoms with van der Waals surface area (Å²) in [7, 11) is 0. The number of halogens is 2. The van der Waals surface area contributed by atoms with Crippen molar-refractivity contribution in [3.63, 3.8) is 0 Å². The average molecular weight is 243 g/mol. The summed E-state index contributed by atoms with van der Waals surface area (Å²) >= 11 is 0. The van der Waals surface area contributed by atoms with Crippen molar-refractivity contribution < 1.29 is 13.9 Å². The van der Waals surface area contributed by atoms with Gasteiger partial charge in [-0.1, -0.05) is 26.0 Å². The molecule has 0 aliphatic rings. The van der Waals surface area contributed by atoms with Crippen LogP contribution in [-0.2, 0) is 0 Å². The van der Waals surface area contributed by atoms with Crippen LogP contribution in [-0.4, -0.2) is 11.2 Å². The maximum atomic E-state index is 13.4. The van der Waals surface area contributed by atoms with Gasteiger partial charge in [-0.05, 0) is 24.8 Å². The Hall–Kier alpha value is -1.00. The van der Waals surface area contributed by atoms with Gasteiger partial charge in [-0.2, -0.15) is 0 Å². The predicted octanol–water partition coefficient (Wildman–Crippen LogP) is 2.76. The van der Waals surface area contributed by atoms with Crippen LogP contribution in [0.4, 0.5) is 8.78 Å². The number of aliphatic hydroxyl groups is 1. The summed E-state index contributed by atoms with van der Waals surface area (Å²) in [5, 5.41) is 9.82. The van der Waals surface area contributed by atoms with E-state index in [1.165, 1.54) is 12.1 Å². The molecule has 2 atom stereocenters. The summed E-state index contributed by atoms with van der Waals surface area (Å²) < 4.78 is 26.4. The van der Waals surface area contributed by atoms with E-state index < -0.39 is 23.8 Å². The molecule has 0 unspecified atom stereocenters. The molecule has 1 rings (SSSR count). The van der Waals surface area contributed by atoms with Crippen LogP contribution in [0.3, 0.4) is 0 Å². The van der Waals surface area contributed by atoms with Crippen LogP contribution in [0.5, 0.6) is 0 Å². The molecule has 0 bridgehead atoms. The highest BCUT2D eigenvalue weighted by molar-refractivity contribution is 5.23. The summed E-state index contributed by atoms with van der Waals surface area (Å²) in [4.78, 5) is 0. The van der Waals surface area contributed by atoms with Crippen molar-refractivity contribution in [3.8, 4) is 0 Å². The van der Waals surface area contributed by atoms with E-state index in [1.54, 1.807) is 0 Å². The lowest BCUT2D eigenvalue weighted by Crippen LogP contribution is -2.27. The first kappa shape index (κ1) is 14.1. The number of benzene rings is 1. The maximum Gasteiger partial charge on any atom is 0.163 e. The fraction of sp³-hybridized carbons (Fsp3) is 0.538. The van der Waals surface area contributed by atoms with Gasteiger partial charge in [0.1, 0.15) is 0 Å². The second-order valence-electron chi connectivity index (χ2n) is 4.71. The SMILES string of the molecule is CC(C)CC[C@H](O)[C@H](N)c1cccc(F)c1F. The third kappa shape index (κ3) is 3.75. The fourth-order valence-corrected chi connectivity index (χ4v) is 1.67. The van der Waals surface area contributed by atoms with Crippen molar-refractivity contribution >= 4 is 0 Å². The standard InChI is InChI=1S/C13H19F2NO/c1-8(2)6-7-11(17)13(16)9-4-3-5-10(14)12(9)15/h3-5,8,11,13,17H,6-7,16H2,1-2H3/t11-,13+/m0/s1. The van der Waals surface area contributed by atoms with Gasteiger partial charge in [0.25, 0.3) is 0 Å². The van der Waals surface area contributed by atoms with Crippen LogP contribution in [0.1, 0.15) is 38.3 Å². The molecule has 0 saturated carbocycles. The summed E-state index contributed by atoms with van der Waals surface area (Å²) in [6.45, 7) is 4.06. The number of hydrogen-bond acceptors (Lipinski definition) is 2. The molecule has 4 heteroatoms.